The van der Waals surface area contributed by atoms with Gasteiger partial charge in [0.1, 0.15) is 0 Å². The monoisotopic (exact) mass is 391 g/mol. The molecule has 2 aromatic rings. The van der Waals surface area contributed by atoms with Crippen molar-refractivity contribution in [1.29, 1.82) is 0 Å². The molecule has 0 amide bonds. The highest BCUT2D eigenvalue weighted by atomic mass is 15.3. The lowest BCUT2D eigenvalue weighted by Crippen LogP contribution is -2.46. The van der Waals surface area contributed by atoms with Crippen molar-refractivity contribution >= 4 is 23.8 Å². The Kier molecular flexibility index (Phi) is 7.04. The van der Waals surface area contributed by atoms with Gasteiger partial charge in [-0.1, -0.05) is 25.1 Å². The summed E-state index contributed by atoms with van der Waals surface area (Å²) in [5, 5.41) is 3.56. The summed E-state index contributed by atoms with van der Waals surface area (Å²) in [4.78, 5) is 13.5. The van der Waals surface area contributed by atoms with E-state index in [0.717, 1.165) is 47.8 Å². The molecule has 0 aliphatic carbocycles. The van der Waals surface area contributed by atoms with Crippen molar-refractivity contribution < 1.29 is 0 Å². The van der Waals surface area contributed by atoms with Crippen molar-refractivity contribution in [3.63, 3.8) is 0 Å². The molecule has 1 aromatic heterocycles. The molecule has 1 aliphatic heterocycles. The number of anilines is 1. The molecule has 154 valence electrons. The Bertz CT molecular complexity index is 860. The van der Waals surface area contributed by atoms with Crippen molar-refractivity contribution in [2.75, 3.05) is 31.7 Å². The van der Waals surface area contributed by atoms with Gasteiger partial charge in [-0.3, -0.25) is 9.98 Å². The predicted molar refractivity (Wildman–Crippen MR) is 124 cm³/mol. The summed E-state index contributed by atoms with van der Waals surface area (Å²) in [5.74, 6) is 0. The second-order valence-electron chi connectivity index (χ2n) is 7.98. The minimum absolute atomic E-state index is 0.406. The summed E-state index contributed by atoms with van der Waals surface area (Å²) < 4.78 is 0. The summed E-state index contributed by atoms with van der Waals surface area (Å²) in [6.45, 7) is 15.1. The maximum absolute atomic E-state index is 4.32. The van der Waals surface area contributed by atoms with Gasteiger partial charge in [0.05, 0.1) is 18.0 Å². The van der Waals surface area contributed by atoms with Crippen LogP contribution in [0.25, 0.3) is 5.70 Å². The maximum Gasteiger partial charge on any atom is 0.0880 e. The molecule has 5 heteroatoms. The zero-order valence-corrected chi connectivity index (χ0v) is 18.0. The van der Waals surface area contributed by atoms with Crippen LogP contribution >= 0.6 is 0 Å². The molecule has 1 fully saturated rings. The number of nitrogens with one attached hydrogen (secondary N) is 1. The minimum atomic E-state index is 0.406. The van der Waals surface area contributed by atoms with Crippen LogP contribution in [0, 0.1) is 13.8 Å². The number of hydrogen-bond donors (Lipinski definition) is 1. The molecule has 0 radical (unpaired) electrons. The number of aliphatic imine (C=N–C) groups is 1. The average molecular weight is 392 g/mol. The van der Waals surface area contributed by atoms with E-state index in [2.05, 4.69) is 64.5 Å². The standard InChI is InChI=1S/C24H33N5/c1-18-9-8-11-23(25-4)24(18)29(22-10-6-7-14-28(5)16-22)17-27-20(3)21-12-13-26-19(2)15-21/h8-9,11-13,15,22,27H,3-4,6-7,10,14,16-17H2,1-2,5H3. The van der Waals surface area contributed by atoms with Crippen molar-refractivity contribution in [1.82, 2.24) is 15.2 Å². The first-order valence-corrected chi connectivity index (χ1v) is 10.4. The van der Waals surface area contributed by atoms with Gasteiger partial charge in [-0.05, 0) is 70.8 Å². The Morgan fingerprint density at radius 1 is 1.31 bits per heavy atom. The smallest absolute Gasteiger partial charge is 0.0880 e. The van der Waals surface area contributed by atoms with E-state index in [4.69, 9.17) is 0 Å². The van der Waals surface area contributed by atoms with Gasteiger partial charge >= 0.3 is 0 Å². The van der Waals surface area contributed by atoms with Gasteiger partial charge < -0.3 is 15.1 Å². The molecule has 3 rings (SSSR count). The first-order chi connectivity index (χ1) is 14.0. The number of likely N-dealkylation sites (tertiary alicyclic amines) is 1. The number of pyridine rings is 1. The molecule has 1 aromatic carbocycles. The molecule has 0 bridgehead atoms. The molecule has 1 atom stereocenters. The number of nitrogens with zero attached hydrogens (tertiary/aromatic N) is 4. The van der Waals surface area contributed by atoms with Gasteiger partial charge in [0.15, 0.2) is 0 Å². The van der Waals surface area contributed by atoms with Gasteiger partial charge in [-0.2, -0.15) is 0 Å². The molecule has 0 saturated carbocycles. The fourth-order valence-corrected chi connectivity index (χ4v) is 4.11. The van der Waals surface area contributed by atoms with Crippen molar-refractivity contribution in [3.8, 4) is 0 Å². The van der Waals surface area contributed by atoms with Gasteiger partial charge in [0.2, 0.25) is 0 Å². The van der Waals surface area contributed by atoms with E-state index in [-0.39, 0.29) is 0 Å². The van der Waals surface area contributed by atoms with Crippen LogP contribution in [0.3, 0.4) is 0 Å². The Balaban J connectivity index is 1.89. The topological polar surface area (TPSA) is 43.8 Å². The lowest BCUT2D eigenvalue weighted by Gasteiger charge is -2.37. The molecule has 1 saturated heterocycles. The van der Waals surface area contributed by atoms with Crippen molar-refractivity contribution in [2.24, 2.45) is 4.99 Å². The number of benzene rings is 1. The van der Waals surface area contributed by atoms with E-state index in [0.29, 0.717) is 12.7 Å². The lowest BCUT2D eigenvalue weighted by molar-refractivity contribution is 0.325. The first kappa shape index (κ1) is 21.1. The molecule has 2 heterocycles. The summed E-state index contributed by atoms with van der Waals surface area (Å²) in [6, 6.07) is 10.7. The molecule has 29 heavy (non-hydrogen) atoms. The molecular weight excluding hydrogens is 358 g/mol. The van der Waals surface area contributed by atoms with Crippen LogP contribution in [-0.4, -0.2) is 49.4 Å². The maximum atomic E-state index is 4.32. The van der Waals surface area contributed by atoms with Gasteiger partial charge in [0, 0.05) is 35.7 Å². The number of aryl methyl sites for hydroxylation is 2. The third kappa shape index (κ3) is 5.24. The largest absolute Gasteiger partial charge is 0.368 e. The SMILES string of the molecule is C=Nc1cccc(C)c1N(CNC(=C)c1ccnc(C)c1)C1CCCCN(C)C1. The summed E-state index contributed by atoms with van der Waals surface area (Å²) >= 11 is 0. The zero-order valence-electron chi connectivity index (χ0n) is 18.0. The summed E-state index contributed by atoms with van der Waals surface area (Å²) in [7, 11) is 2.22. The minimum Gasteiger partial charge on any atom is -0.368 e. The Morgan fingerprint density at radius 2 is 2.14 bits per heavy atom. The normalized spacial score (nSPS) is 17.4. The molecule has 1 N–H and O–H groups in total. The van der Waals surface area contributed by atoms with E-state index in [1.165, 1.54) is 18.4 Å². The van der Waals surface area contributed by atoms with Crippen molar-refractivity contribution in [2.45, 2.75) is 39.2 Å². The molecular formula is C24H33N5. The van der Waals surface area contributed by atoms with Crippen LogP contribution < -0.4 is 10.2 Å². The van der Waals surface area contributed by atoms with Crippen LogP contribution in [0.2, 0.25) is 0 Å². The highest BCUT2D eigenvalue weighted by Gasteiger charge is 2.25. The summed E-state index contributed by atoms with van der Waals surface area (Å²) in [6.07, 6.45) is 5.48. The van der Waals surface area contributed by atoms with E-state index in [1.807, 2.05) is 31.3 Å². The summed E-state index contributed by atoms with van der Waals surface area (Å²) in [5.41, 5.74) is 6.28. The number of para-hydroxylation sites is 1. The number of likely N-dealkylation sites (N-methyl/N-ethyl adjacent to an activating group) is 1. The third-order valence-corrected chi connectivity index (χ3v) is 5.67. The van der Waals surface area contributed by atoms with Crippen LogP contribution in [0.1, 0.15) is 36.1 Å². The predicted octanol–water partition coefficient (Wildman–Crippen LogP) is 4.54. The highest BCUT2D eigenvalue weighted by molar-refractivity contribution is 5.73. The second-order valence-corrected chi connectivity index (χ2v) is 7.98. The van der Waals surface area contributed by atoms with E-state index >= 15 is 0 Å². The Morgan fingerprint density at radius 3 is 2.90 bits per heavy atom. The zero-order chi connectivity index (χ0) is 20.8. The molecule has 1 unspecified atom stereocenters. The van der Waals surface area contributed by atoms with Crippen LogP contribution in [-0.2, 0) is 0 Å². The fraction of sp³-hybridized carbons (Fsp3) is 0.417. The van der Waals surface area contributed by atoms with Crippen LogP contribution in [0.15, 0.2) is 48.1 Å². The van der Waals surface area contributed by atoms with E-state index < -0.39 is 0 Å². The first-order valence-electron chi connectivity index (χ1n) is 10.4. The van der Waals surface area contributed by atoms with Crippen LogP contribution in [0.5, 0.6) is 0 Å². The lowest BCUT2D eigenvalue weighted by atomic mass is 10.1. The van der Waals surface area contributed by atoms with E-state index in [9.17, 15) is 0 Å². The Hall–Kier alpha value is -2.66. The Labute approximate surface area is 175 Å². The number of hydrogen-bond acceptors (Lipinski definition) is 5. The van der Waals surface area contributed by atoms with Gasteiger partial charge in [-0.25, -0.2) is 0 Å². The quantitative estimate of drug-likeness (QED) is 0.556. The van der Waals surface area contributed by atoms with Crippen LogP contribution in [0.4, 0.5) is 11.4 Å². The van der Waals surface area contributed by atoms with Gasteiger partial charge in [0.25, 0.3) is 0 Å². The number of rotatable bonds is 7. The fourth-order valence-electron chi connectivity index (χ4n) is 4.11. The average Bonchev–Trinajstić information content (AvgIpc) is 2.93. The second kappa shape index (κ2) is 9.70. The number of aromatic nitrogens is 1. The van der Waals surface area contributed by atoms with E-state index in [1.54, 1.807) is 0 Å². The third-order valence-electron chi connectivity index (χ3n) is 5.67. The molecule has 0 spiro atoms. The molecule has 1 aliphatic rings. The van der Waals surface area contributed by atoms with Crippen molar-refractivity contribution in [3.05, 3.63) is 59.9 Å². The molecule has 5 nitrogen and oxygen atoms in total. The highest BCUT2D eigenvalue weighted by Crippen LogP contribution is 2.34. The van der Waals surface area contributed by atoms with Gasteiger partial charge in [-0.15, -0.1) is 0 Å².